The summed E-state index contributed by atoms with van der Waals surface area (Å²) in [4.78, 5) is 21.9. The Hall–Kier alpha value is -2.40. The van der Waals surface area contributed by atoms with Gasteiger partial charge in [0.15, 0.2) is 0 Å². The molecule has 0 aromatic heterocycles. The van der Waals surface area contributed by atoms with Gasteiger partial charge in [-0.15, -0.1) is 0 Å². The van der Waals surface area contributed by atoms with Crippen LogP contribution in [0.2, 0.25) is 5.02 Å². The van der Waals surface area contributed by atoms with Crippen LogP contribution in [0.25, 0.3) is 11.1 Å². The van der Waals surface area contributed by atoms with Gasteiger partial charge in [-0.1, -0.05) is 17.7 Å². The number of hydrogen-bond acceptors (Lipinski definition) is 2. The molecular weight excluding hydrogens is 287 g/mol. The lowest BCUT2D eigenvalue weighted by molar-refractivity contribution is 0.0686. The Balaban J connectivity index is 2.62. The van der Waals surface area contributed by atoms with Gasteiger partial charge < -0.3 is 10.2 Å². The quantitative estimate of drug-likeness (QED) is 0.908. The highest BCUT2D eigenvalue weighted by Crippen LogP contribution is 2.28. The van der Waals surface area contributed by atoms with Gasteiger partial charge in [0.2, 0.25) is 0 Å². The van der Waals surface area contributed by atoms with E-state index in [-0.39, 0.29) is 27.3 Å². The monoisotopic (exact) mass is 294 g/mol. The van der Waals surface area contributed by atoms with Crippen molar-refractivity contribution in [3.8, 4) is 11.1 Å². The number of halogens is 2. The number of hydrogen-bond donors (Lipinski definition) is 2. The summed E-state index contributed by atoms with van der Waals surface area (Å²) in [5.74, 6) is -3.08. The minimum atomic E-state index is -1.24. The van der Waals surface area contributed by atoms with E-state index in [0.717, 1.165) is 18.2 Å². The highest BCUT2D eigenvalue weighted by Gasteiger charge is 2.14. The third kappa shape index (κ3) is 2.62. The molecule has 4 nitrogen and oxygen atoms in total. The van der Waals surface area contributed by atoms with Gasteiger partial charge in [0.25, 0.3) is 0 Å². The fourth-order valence-corrected chi connectivity index (χ4v) is 1.93. The molecule has 0 aliphatic heterocycles. The largest absolute Gasteiger partial charge is 0.478 e. The molecule has 0 amide bonds. The lowest BCUT2D eigenvalue weighted by Crippen LogP contribution is -2.00. The van der Waals surface area contributed by atoms with E-state index in [4.69, 9.17) is 21.8 Å². The summed E-state index contributed by atoms with van der Waals surface area (Å²) in [6, 6.07) is 7.26. The van der Waals surface area contributed by atoms with Crippen molar-refractivity contribution < 1.29 is 24.2 Å². The maximum absolute atomic E-state index is 13.8. The predicted molar refractivity (Wildman–Crippen MR) is 70.8 cm³/mol. The van der Waals surface area contributed by atoms with E-state index < -0.39 is 17.8 Å². The smallest absolute Gasteiger partial charge is 0.337 e. The van der Waals surface area contributed by atoms with E-state index in [1.54, 1.807) is 0 Å². The Kier molecular flexibility index (Phi) is 3.72. The summed E-state index contributed by atoms with van der Waals surface area (Å²) >= 11 is 5.73. The van der Waals surface area contributed by atoms with Crippen LogP contribution in [0.15, 0.2) is 36.4 Å². The third-order valence-corrected chi connectivity index (χ3v) is 3.05. The number of carboxylic acids is 2. The number of benzene rings is 2. The van der Waals surface area contributed by atoms with E-state index in [0.29, 0.717) is 0 Å². The van der Waals surface area contributed by atoms with Gasteiger partial charge in [-0.3, -0.25) is 0 Å². The van der Waals surface area contributed by atoms with Crippen LogP contribution in [0.1, 0.15) is 20.7 Å². The maximum Gasteiger partial charge on any atom is 0.337 e. The number of aromatic carboxylic acids is 2. The highest BCUT2D eigenvalue weighted by atomic mass is 35.5. The van der Waals surface area contributed by atoms with Gasteiger partial charge >= 0.3 is 11.9 Å². The molecule has 0 fully saturated rings. The molecular formula is C14H8ClFO4. The molecule has 2 rings (SSSR count). The van der Waals surface area contributed by atoms with Crippen LogP contribution in [-0.2, 0) is 0 Å². The fraction of sp³-hybridized carbons (Fsp3) is 0. The summed E-state index contributed by atoms with van der Waals surface area (Å²) in [7, 11) is 0. The minimum absolute atomic E-state index is 0.00377. The number of carboxylic acid groups (broad SMARTS) is 2. The van der Waals surface area contributed by atoms with Gasteiger partial charge in [0.1, 0.15) is 5.82 Å². The minimum Gasteiger partial charge on any atom is -0.478 e. The molecule has 0 spiro atoms. The highest BCUT2D eigenvalue weighted by molar-refractivity contribution is 6.33. The van der Waals surface area contributed by atoms with Crippen molar-refractivity contribution in [2.45, 2.75) is 0 Å². The zero-order valence-corrected chi connectivity index (χ0v) is 10.7. The Morgan fingerprint density at radius 1 is 1.00 bits per heavy atom. The van der Waals surface area contributed by atoms with Crippen LogP contribution >= 0.6 is 11.6 Å². The van der Waals surface area contributed by atoms with Crippen LogP contribution in [0.5, 0.6) is 0 Å². The first kappa shape index (κ1) is 14.0. The first-order valence-corrected chi connectivity index (χ1v) is 5.84. The van der Waals surface area contributed by atoms with Gasteiger partial charge in [-0.05, 0) is 35.9 Å². The standard InChI is InChI=1S/C14H8ClFO4/c15-11-3-1-7(5-10(11)14(19)20)9-6-8(13(17)18)2-4-12(9)16/h1-6H,(H,17,18)(H,19,20). The summed E-state index contributed by atoms with van der Waals surface area (Å²) in [6.07, 6.45) is 0. The zero-order valence-electron chi connectivity index (χ0n) is 9.93. The summed E-state index contributed by atoms with van der Waals surface area (Å²) in [6.45, 7) is 0. The molecule has 2 N–H and O–H groups in total. The van der Waals surface area contributed by atoms with Crippen molar-refractivity contribution in [1.29, 1.82) is 0 Å². The summed E-state index contributed by atoms with van der Waals surface area (Å²) in [5, 5.41) is 17.9. The Labute approximate surface area is 118 Å². The number of rotatable bonds is 3. The van der Waals surface area contributed by atoms with Crippen LogP contribution in [0.4, 0.5) is 4.39 Å². The first-order valence-electron chi connectivity index (χ1n) is 5.46. The van der Waals surface area contributed by atoms with E-state index in [9.17, 15) is 14.0 Å². The molecule has 0 aliphatic rings. The van der Waals surface area contributed by atoms with E-state index in [1.807, 2.05) is 0 Å². The summed E-state index contributed by atoms with van der Waals surface area (Å²) in [5.41, 5.74) is -0.0195. The average Bonchev–Trinajstić information content (AvgIpc) is 2.39. The molecule has 0 heterocycles. The Bertz CT molecular complexity index is 712. The second kappa shape index (κ2) is 5.30. The Morgan fingerprint density at radius 3 is 2.30 bits per heavy atom. The normalized spacial score (nSPS) is 10.3. The van der Waals surface area contributed by atoms with Crippen molar-refractivity contribution in [3.63, 3.8) is 0 Å². The van der Waals surface area contributed by atoms with Gasteiger partial charge in [-0.25, -0.2) is 14.0 Å². The molecule has 6 heteroatoms. The first-order chi connectivity index (χ1) is 9.40. The molecule has 0 atom stereocenters. The molecule has 0 aliphatic carbocycles. The predicted octanol–water partition coefficient (Wildman–Crippen LogP) is 3.54. The second-order valence-corrected chi connectivity index (χ2v) is 4.41. The van der Waals surface area contributed by atoms with Gasteiger partial charge in [0.05, 0.1) is 16.1 Å². The molecule has 0 saturated heterocycles. The van der Waals surface area contributed by atoms with Crippen molar-refractivity contribution >= 4 is 23.5 Å². The molecule has 20 heavy (non-hydrogen) atoms. The van der Waals surface area contributed by atoms with Crippen LogP contribution in [0, 0.1) is 5.82 Å². The van der Waals surface area contributed by atoms with Crippen LogP contribution in [-0.4, -0.2) is 22.2 Å². The van der Waals surface area contributed by atoms with Gasteiger partial charge in [-0.2, -0.15) is 0 Å². The average molecular weight is 295 g/mol. The number of carbonyl (C=O) groups is 2. The molecule has 0 saturated carbocycles. The van der Waals surface area contributed by atoms with Crippen molar-refractivity contribution in [2.75, 3.05) is 0 Å². The van der Waals surface area contributed by atoms with E-state index in [2.05, 4.69) is 0 Å². The van der Waals surface area contributed by atoms with Crippen molar-refractivity contribution in [1.82, 2.24) is 0 Å². The van der Waals surface area contributed by atoms with E-state index in [1.165, 1.54) is 18.2 Å². The van der Waals surface area contributed by atoms with Crippen molar-refractivity contribution in [3.05, 3.63) is 58.4 Å². The topological polar surface area (TPSA) is 74.6 Å². The third-order valence-electron chi connectivity index (χ3n) is 2.72. The molecule has 0 bridgehead atoms. The van der Waals surface area contributed by atoms with Gasteiger partial charge in [0, 0.05) is 5.56 Å². The SMILES string of the molecule is O=C(O)c1ccc(F)c(-c2ccc(Cl)c(C(=O)O)c2)c1. The van der Waals surface area contributed by atoms with Crippen molar-refractivity contribution in [2.24, 2.45) is 0 Å². The molecule has 2 aromatic carbocycles. The molecule has 2 aromatic rings. The molecule has 0 unspecified atom stereocenters. The van der Waals surface area contributed by atoms with E-state index >= 15 is 0 Å². The van der Waals surface area contributed by atoms with Crippen LogP contribution < -0.4 is 0 Å². The second-order valence-electron chi connectivity index (χ2n) is 4.00. The molecule has 0 radical (unpaired) electrons. The zero-order chi connectivity index (χ0) is 14.9. The fourth-order valence-electron chi connectivity index (χ4n) is 1.74. The summed E-state index contributed by atoms with van der Waals surface area (Å²) < 4.78 is 13.8. The molecule has 102 valence electrons. The Morgan fingerprint density at radius 2 is 1.70 bits per heavy atom. The lowest BCUT2D eigenvalue weighted by atomic mass is 10.0. The maximum atomic E-state index is 13.8. The van der Waals surface area contributed by atoms with Crippen LogP contribution in [0.3, 0.4) is 0 Å². The lowest BCUT2D eigenvalue weighted by Gasteiger charge is -2.07.